The van der Waals surface area contributed by atoms with Crippen LogP contribution in [0.2, 0.25) is 0 Å². The van der Waals surface area contributed by atoms with E-state index in [1.54, 1.807) is 19.1 Å². The Morgan fingerprint density at radius 1 is 1.00 bits per heavy atom. The van der Waals surface area contributed by atoms with E-state index in [2.05, 4.69) is 10.3 Å². The highest BCUT2D eigenvalue weighted by atomic mass is 16.4. The number of aromatic carboxylic acids is 1. The monoisotopic (exact) mass is 485 g/mol. The molecule has 1 amide bonds. The van der Waals surface area contributed by atoms with Crippen molar-refractivity contribution in [3.63, 3.8) is 0 Å². The molecular weight excluding hydrogens is 458 g/mol. The molecular formula is C24H27N3O8. The first-order chi connectivity index (χ1) is 16.4. The molecule has 0 bridgehead atoms. The summed E-state index contributed by atoms with van der Waals surface area (Å²) in [5.74, 6) is -1.96. The number of aryl methyl sites for hydroxylation is 3. The van der Waals surface area contributed by atoms with Gasteiger partial charge in [-0.25, -0.2) is 9.78 Å². The first kappa shape index (κ1) is 26.0. The topological polar surface area (TPSA) is 182 Å². The molecule has 11 nitrogen and oxygen atoms in total. The summed E-state index contributed by atoms with van der Waals surface area (Å²) in [6, 6.07) is 7.50. The number of carbonyl (C=O) groups is 2. The number of amides is 1. The summed E-state index contributed by atoms with van der Waals surface area (Å²) in [4.78, 5) is 41.7. The highest BCUT2D eigenvalue weighted by Gasteiger charge is 2.27. The quantitative estimate of drug-likeness (QED) is 0.262. The van der Waals surface area contributed by atoms with Gasteiger partial charge in [0.05, 0.1) is 29.7 Å². The Morgan fingerprint density at radius 3 is 2.26 bits per heavy atom. The van der Waals surface area contributed by atoms with Crippen molar-refractivity contribution < 1.29 is 35.1 Å². The average molecular weight is 485 g/mol. The van der Waals surface area contributed by atoms with Crippen molar-refractivity contribution >= 4 is 28.6 Å². The summed E-state index contributed by atoms with van der Waals surface area (Å²) >= 11 is 0. The molecule has 0 radical (unpaired) electrons. The van der Waals surface area contributed by atoms with Gasteiger partial charge in [-0.05, 0) is 67.8 Å². The van der Waals surface area contributed by atoms with Crippen molar-refractivity contribution in [3.8, 4) is 0 Å². The predicted molar refractivity (Wildman–Crippen MR) is 127 cm³/mol. The Labute approximate surface area is 199 Å². The van der Waals surface area contributed by atoms with Crippen molar-refractivity contribution in [1.82, 2.24) is 9.55 Å². The van der Waals surface area contributed by atoms with E-state index in [-0.39, 0.29) is 11.3 Å². The number of benzene rings is 2. The molecule has 0 aliphatic rings. The first-order valence-electron chi connectivity index (χ1n) is 10.8. The van der Waals surface area contributed by atoms with E-state index in [4.69, 9.17) is 5.11 Å². The molecule has 0 saturated heterocycles. The van der Waals surface area contributed by atoms with Crippen LogP contribution in [0.1, 0.15) is 37.5 Å². The average Bonchev–Trinajstić information content (AvgIpc) is 2.80. The Hall–Kier alpha value is -3.64. The number of hydrogen-bond acceptors (Lipinski definition) is 8. The normalized spacial score (nSPS) is 13.9. The first-order valence-corrected chi connectivity index (χ1v) is 10.8. The Morgan fingerprint density at radius 2 is 1.66 bits per heavy atom. The van der Waals surface area contributed by atoms with E-state index in [9.17, 15) is 34.8 Å². The molecule has 35 heavy (non-hydrogen) atoms. The minimum atomic E-state index is -1.74. The van der Waals surface area contributed by atoms with Crippen LogP contribution in [0.4, 0.5) is 5.69 Å². The number of nitrogens with one attached hydrogen (secondary N) is 1. The Bertz CT molecular complexity index is 1350. The second-order valence-corrected chi connectivity index (χ2v) is 8.40. The minimum Gasteiger partial charge on any atom is -0.478 e. The predicted octanol–water partition coefficient (Wildman–Crippen LogP) is 0.347. The van der Waals surface area contributed by atoms with Crippen LogP contribution >= 0.6 is 0 Å². The number of carboxylic acids is 1. The number of carboxylic acid groups (broad SMARTS) is 1. The number of aliphatic hydroxyl groups is 4. The van der Waals surface area contributed by atoms with E-state index in [0.717, 1.165) is 15.7 Å². The summed E-state index contributed by atoms with van der Waals surface area (Å²) in [5, 5.41) is 50.9. The minimum absolute atomic E-state index is 0.0673. The van der Waals surface area contributed by atoms with Crippen molar-refractivity contribution in [3.05, 3.63) is 68.6 Å². The third-order valence-electron chi connectivity index (χ3n) is 5.84. The smallest absolute Gasteiger partial charge is 0.335 e. The molecule has 0 aliphatic carbocycles. The second-order valence-electron chi connectivity index (χ2n) is 8.40. The molecule has 0 aliphatic heterocycles. The fraction of sp³-hybridized carbons (Fsp3) is 0.333. The Kier molecular flexibility index (Phi) is 7.66. The van der Waals surface area contributed by atoms with Gasteiger partial charge in [-0.3, -0.25) is 9.59 Å². The van der Waals surface area contributed by atoms with Crippen molar-refractivity contribution in [1.29, 1.82) is 0 Å². The number of fused-ring (bicyclic) bond motifs is 1. The molecule has 0 spiro atoms. The zero-order valence-electron chi connectivity index (χ0n) is 19.4. The van der Waals surface area contributed by atoms with Crippen molar-refractivity contribution in [2.75, 3.05) is 11.9 Å². The molecule has 11 heteroatoms. The fourth-order valence-electron chi connectivity index (χ4n) is 3.66. The summed E-state index contributed by atoms with van der Waals surface area (Å²) in [7, 11) is 0. The van der Waals surface area contributed by atoms with Crippen LogP contribution in [0.15, 0.2) is 35.1 Å². The molecule has 2 aromatic carbocycles. The number of aliphatic hydroxyl groups excluding tert-OH is 4. The van der Waals surface area contributed by atoms with E-state index in [0.29, 0.717) is 16.6 Å². The van der Waals surface area contributed by atoms with Gasteiger partial charge in [-0.1, -0.05) is 0 Å². The SMILES string of the molecule is Cc1cc2nc(C(=O)Nc3ccc(C(=O)O)c(C)c3)c(=O)n(C[C@H](O)[C@H](O)[C@H](O)CO)c2cc1C. The van der Waals surface area contributed by atoms with E-state index in [1.807, 2.05) is 13.8 Å². The molecule has 3 rings (SSSR count). The van der Waals surface area contributed by atoms with Gasteiger partial charge in [0.2, 0.25) is 0 Å². The van der Waals surface area contributed by atoms with Gasteiger partial charge in [-0.15, -0.1) is 0 Å². The molecule has 6 N–H and O–H groups in total. The molecule has 1 aromatic heterocycles. The molecule has 3 aromatic rings. The van der Waals surface area contributed by atoms with Gasteiger partial charge in [0, 0.05) is 5.69 Å². The standard InChI is InChI=1S/C24H27N3O8/c1-11-7-16-17(8-12(11)2)27(9-18(29)21(31)19(30)10-28)23(33)20(26-16)22(32)25-14-4-5-15(24(34)35)13(3)6-14/h4-8,18-19,21,28-31H,9-10H2,1-3H3,(H,25,32)(H,34,35)/t18-,19+,21-/m0/s1. The van der Waals surface area contributed by atoms with Gasteiger partial charge < -0.3 is 35.4 Å². The highest BCUT2D eigenvalue weighted by Crippen LogP contribution is 2.19. The van der Waals surface area contributed by atoms with Crippen LogP contribution in [0.5, 0.6) is 0 Å². The van der Waals surface area contributed by atoms with Gasteiger partial charge in [-0.2, -0.15) is 0 Å². The van der Waals surface area contributed by atoms with Crippen LogP contribution in [0.25, 0.3) is 11.0 Å². The van der Waals surface area contributed by atoms with Gasteiger partial charge in [0.1, 0.15) is 18.3 Å². The molecule has 186 valence electrons. The fourth-order valence-corrected chi connectivity index (χ4v) is 3.66. The van der Waals surface area contributed by atoms with Crippen LogP contribution < -0.4 is 10.9 Å². The third-order valence-corrected chi connectivity index (χ3v) is 5.84. The van der Waals surface area contributed by atoms with Crippen molar-refractivity contribution in [2.45, 2.75) is 45.6 Å². The zero-order valence-corrected chi connectivity index (χ0v) is 19.4. The van der Waals surface area contributed by atoms with Crippen LogP contribution in [-0.4, -0.2) is 71.9 Å². The molecule has 0 fully saturated rings. The maximum Gasteiger partial charge on any atom is 0.335 e. The van der Waals surface area contributed by atoms with Crippen LogP contribution in [-0.2, 0) is 6.54 Å². The summed E-state index contributed by atoms with van der Waals surface area (Å²) in [6.45, 7) is 3.93. The lowest BCUT2D eigenvalue weighted by Gasteiger charge is -2.23. The molecule has 0 saturated carbocycles. The molecule has 3 atom stereocenters. The number of carbonyl (C=O) groups excluding carboxylic acids is 1. The lowest BCUT2D eigenvalue weighted by molar-refractivity contribution is -0.0805. The Balaban J connectivity index is 2.07. The zero-order chi connectivity index (χ0) is 26.0. The largest absolute Gasteiger partial charge is 0.478 e. The van der Waals surface area contributed by atoms with Gasteiger partial charge in [0.15, 0.2) is 5.69 Å². The van der Waals surface area contributed by atoms with E-state index < -0.39 is 54.6 Å². The van der Waals surface area contributed by atoms with Gasteiger partial charge >= 0.3 is 5.97 Å². The number of hydrogen-bond donors (Lipinski definition) is 6. The summed E-state index contributed by atoms with van der Waals surface area (Å²) < 4.78 is 1.08. The number of anilines is 1. The van der Waals surface area contributed by atoms with Gasteiger partial charge in [0.25, 0.3) is 11.5 Å². The van der Waals surface area contributed by atoms with Crippen LogP contribution in [0, 0.1) is 20.8 Å². The molecule has 1 heterocycles. The van der Waals surface area contributed by atoms with E-state index >= 15 is 0 Å². The third kappa shape index (κ3) is 5.38. The summed E-state index contributed by atoms with van der Waals surface area (Å²) in [6.07, 6.45) is -5.00. The van der Waals surface area contributed by atoms with Crippen LogP contribution in [0.3, 0.4) is 0 Å². The molecule has 0 unspecified atom stereocenters. The second kappa shape index (κ2) is 10.3. The van der Waals surface area contributed by atoms with Crippen molar-refractivity contribution in [2.24, 2.45) is 0 Å². The number of rotatable bonds is 8. The number of nitrogens with zero attached hydrogens (tertiary/aromatic N) is 2. The maximum atomic E-state index is 13.3. The maximum absolute atomic E-state index is 13.3. The number of aromatic nitrogens is 2. The highest BCUT2D eigenvalue weighted by molar-refractivity contribution is 6.04. The summed E-state index contributed by atoms with van der Waals surface area (Å²) in [5.41, 5.74) is 1.67. The lowest BCUT2D eigenvalue weighted by atomic mass is 10.1. The lowest BCUT2D eigenvalue weighted by Crippen LogP contribution is -2.44. The van der Waals surface area contributed by atoms with E-state index in [1.165, 1.54) is 18.2 Å².